The van der Waals surface area contributed by atoms with Crippen LogP contribution in [0.25, 0.3) is 0 Å². The summed E-state index contributed by atoms with van der Waals surface area (Å²) in [6.07, 6.45) is 0.134. The van der Waals surface area contributed by atoms with Crippen LogP contribution in [0.4, 0.5) is 0 Å². The first-order valence-electron chi connectivity index (χ1n) is 5.96. The number of benzene rings is 1. The molecule has 2 atom stereocenters. The molecule has 4 heteroatoms. The highest BCUT2D eigenvalue weighted by atomic mass is 16.5. The van der Waals surface area contributed by atoms with Gasteiger partial charge in [0.15, 0.2) is 5.78 Å². The van der Waals surface area contributed by atoms with E-state index in [4.69, 9.17) is 10.5 Å². The molecule has 0 saturated carbocycles. The van der Waals surface area contributed by atoms with Crippen LogP contribution in [0, 0.1) is 11.8 Å². The van der Waals surface area contributed by atoms with Crippen molar-refractivity contribution in [3.8, 4) is 0 Å². The third kappa shape index (κ3) is 3.67. The molecule has 4 nitrogen and oxygen atoms in total. The number of esters is 1. The highest BCUT2D eigenvalue weighted by Gasteiger charge is 2.27. The molecule has 0 amide bonds. The Morgan fingerprint density at radius 2 is 1.89 bits per heavy atom. The smallest absolute Gasteiger partial charge is 0.309 e. The third-order valence-corrected chi connectivity index (χ3v) is 3.06. The summed E-state index contributed by atoms with van der Waals surface area (Å²) in [7, 11) is 1.32. The Hall–Kier alpha value is -1.68. The quantitative estimate of drug-likeness (QED) is 0.614. The zero-order valence-corrected chi connectivity index (χ0v) is 10.8. The van der Waals surface area contributed by atoms with Crippen LogP contribution in [-0.4, -0.2) is 25.4 Å². The number of hydrogen-bond donors (Lipinski definition) is 1. The monoisotopic (exact) mass is 249 g/mol. The van der Waals surface area contributed by atoms with Crippen LogP contribution in [0.15, 0.2) is 30.3 Å². The van der Waals surface area contributed by atoms with E-state index in [1.807, 2.05) is 13.0 Å². The van der Waals surface area contributed by atoms with E-state index in [9.17, 15) is 9.59 Å². The zero-order valence-electron chi connectivity index (χ0n) is 10.8. The first-order chi connectivity index (χ1) is 8.60. The minimum absolute atomic E-state index is 0.0636. The van der Waals surface area contributed by atoms with Crippen LogP contribution in [0.1, 0.15) is 23.7 Å². The van der Waals surface area contributed by atoms with Crippen molar-refractivity contribution < 1.29 is 14.3 Å². The van der Waals surface area contributed by atoms with Gasteiger partial charge in [-0.3, -0.25) is 9.59 Å². The highest BCUT2D eigenvalue weighted by Crippen LogP contribution is 2.19. The maximum atomic E-state index is 12.0. The summed E-state index contributed by atoms with van der Waals surface area (Å²) in [6, 6.07) is 8.92. The second kappa shape index (κ2) is 6.91. The van der Waals surface area contributed by atoms with E-state index < -0.39 is 5.92 Å². The van der Waals surface area contributed by atoms with Gasteiger partial charge >= 0.3 is 5.97 Å². The van der Waals surface area contributed by atoms with Crippen LogP contribution in [0.2, 0.25) is 0 Å². The number of methoxy groups -OCH3 is 1. The molecule has 0 aliphatic rings. The van der Waals surface area contributed by atoms with Crippen molar-refractivity contribution in [1.82, 2.24) is 0 Å². The van der Waals surface area contributed by atoms with E-state index in [2.05, 4.69) is 0 Å². The largest absolute Gasteiger partial charge is 0.469 e. The van der Waals surface area contributed by atoms with Crippen molar-refractivity contribution in [2.45, 2.75) is 13.3 Å². The summed E-state index contributed by atoms with van der Waals surface area (Å²) in [5.41, 5.74) is 6.17. The Morgan fingerprint density at radius 3 is 2.39 bits per heavy atom. The lowest BCUT2D eigenvalue weighted by Crippen LogP contribution is -2.30. The number of ketones is 1. The fraction of sp³-hybridized carbons (Fsp3) is 0.429. The van der Waals surface area contributed by atoms with Crippen molar-refractivity contribution >= 4 is 11.8 Å². The van der Waals surface area contributed by atoms with E-state index >= 15 is 0 Å². The van der Waals surface area contributed by atoms with Gasteiger partial charge in [0.2, 0.25) is 0 Å². The molecule has 0 aromatic heterocycles. The van der Waals surface area contributed by atoms with Gasteiger partial charge in [-0.25, -0.2) is 0 Å². The summed E-state index contributed by atoms with van der Waals surface area (Å²) in [4.78, 5) is 23.7. The molecule has 0 spiro atoms. The molecule has 0 bridgehead atoms. The molecule has 2 unspecified atom stereocenters. The van der Waals surface area contributed by atoms with Gasteiger partial charge < -0.3 is 10.5 Å². The summed E-state index contributed by atoms with van der Waals surface area (Å²) in [5.74, 6) is -0.999. The number of Topliss-reactive ketones (excluding diaryl/α,β-unsaturated/α-hetero) is 1. The summed E-state index contributed by atoms with van der Waals surface area (Å²) < 4.78 is 4.73. The van der Waals surface area contributed by atoms with Gasteiger partial charge in [-0.2, -0.15) is 0 Å². The van der Waals surface area contributed by atoms with Crippen LogP contribution < -0.4 is 5.73 Å². The zero-order chi connectivity index (χ0) is 13.5. The van der Waals surface area contributed by atoms with Gasteiger partial charge in [-0.1, -0.05) is 37.3 Å². The molecular formula is C14H19NO3. The Bertz CT molecular complexity index is 403. The normalized spacial score (nSPS) is 13.7. The first kappa shape index (κ1) is 14.4. The number of nitrogens with two attached hydrogens (primary N) is 1. The molecule has 18 heavy (non-hydrogen) atoms. The molecule has 1 aromatic carbocycles. The van der Waals surface area contributed by atoms with Gasteiger partial charge in [-0.05, 0) is 12.5 Å². The van der Waals surface area contributed by atoms with E-state index in [0.29, 0.717) is 12.1 Å². The minimum Gasteiger partial charge on any atom is -0.469 e. The number of ether oxygens (including phenoxy) is 1. The standard InChI is InChI=1S/C14H19NO3/c1-10(9-15)12(14(17)18-2)8-13(16)11-6-4-3-5-7-11/h3-7,10,12H,8-9,15H2,1-2H3. The molecule has 0 heterocycles. The highest BCUT2D eigenvalue weighted by molar-refractivity contribution is 5.98. The molecule has 0 radical (unpaired) electrons. The molecule has 2 N–H and O–H groups in total. The summed E-state index contributed by atoms with van der Waals surface area (Å²) in [5, 5.41) is 0. The maximum Gasteiger partial charge on any atom is 0.309 e. The lowest BCUT2D eigenvalue weighted by molar-refractivity contribution is -0.147. The van der Waals surface area contributed by atoms with E-state index in [0.717, 1.165) is 0 Å². The fourth-order valence-corrected chi connectivity index (χ4v) is 1.77. The van der Waals surface area contributed by atoms with Crippen molar-refractivity contribution in [3.63, 3.8) is 0 Å². The average Bonchev–Trinajstić information content (AvgIpc) is 2.43. The van der Waals surface area contributed by atoms with Crippen molar-refractivity contribution in [2.24, 2.45) is 17.6 Å². The fourth-order valence-electron chi connectivity index (χ4n) is 1.77. The molecule has 1 aromatic rings. The number of carbonyl (C=O) groups is 2. The van der Waals surface area contributed by atoms with Crippen molar-refractivity contribution in [2.75, 3.05) is 13.7 Å². The Morgan fingerprint density at radius 1 is 1.28 bits per heavy atom. The number of hydrogen-bond acceptors (Lipinski definition) is 4. The summed E-state index contributed by atoms with van der Waals surface area (Å²) >= 11 is 0. The molecule has 0 fully saturated rings. The van der Waals surface area contributed by atoms with Crippen molar-refractivity contribution in [1.29, 1.82) is 0 Å². The van der Waals surface area contributed by atoms with Crippen molar-refractivity contribution in [3.05, 3.63) is 35.9 Å². The van der Waals surface area contributed by atoms with Crippen LogP contribution in [0.3, 0.4) is 0 Å². The first-order valence-corrected chi connectivity index (χ1v) is 5.96. The Kier molecular flexibility index (Phi) is 5.52. The molecule has 0 saturated heterocycles. The average molecular weight is 249 g/mol. The summed E-state index contributed by atoms with van der Waals surface area (Å²) in [6.45, 7) is 2.20. The lowest BCUT2D eigenvalue weighted by Gasteiger charge is -2.19. The SMILES string of the molecule is COC(=O)C(CC(=O)c1ccccc1)C(C)CN. The van der Waals surface area contributed by atoms with Crippen LogP contribution >= 0.6 is 0 Å². The van der Waals surface area contributed by atoms with Gasteiger partial charge in [-0.15, -0.1) is 0 Å². The predicted molar refractivity (Wildman–Crippen MR) is 69.1 cm³/mol. The second-order valence-electron chi connectivity index (χ2n) is 4.34. The Labute approximate surface area is 107 Å². The molecular weight excluding hydrogens is 230 g/mol. The second-order valence-corrected chi connectivity index (χ2v) is 4.34. The Balaban J connectivity index is 2.78. The van der Waals surface area contributed by atoms with E-state index in [1.165, 1.54) is 7.11 Å². The van der Waals surface area contributed by atoms with Gasteiger partial charge in [0, 0.05) is 12.0 Å². The third-order valence-electron chi connectivity index (χ3n) is 3.06. The maximum absolute atomic E-state index is 12.0. The van der Waals surface area contributed by atoms with Crippen LogP contribution in [0.5, 0.6) is 0 Å². The number of rotatable bonds is 6. The molecule has 98 valence electrons. The topological polar surface area (TPSA) is 69.4 Å². The predicted octanol–water partition coefficient (Wildman–Crippen LogP) is 1.64. The lowest BCUT2D eigenvalue weighted by atomic mass is 9.88. The number of carbonyl (C=O) groups excluding carboxylic acids is 2. The molecule has 1 rings (SSSR count). The van der Waals surface area contributed by atoms with Gasteiger partial charge in [0.25, 0.3) is 0 Å². The van der Waals surface area contributed by atoms with E-state index in [-0.39, 0.29) is 24.1 Å². The minimum atomic E-state index is -0.479. The molecule has 0 aliphatic carbocycles. The molecule has 0 aliphatic heterocycles. The van der Waals surface area contributed by atoms with Crippen LogP contribution in [-0.2, 0) is 9.53 Å². The van der Waals surface area contributed by atoms with Gasteiger partial charge in [0.1, 0.15) is 0 Å². The van der Waals surface area contributed by atoms with Gasteiger partial charge in [0.05, 0.1) is 13.0 Å². The van der Waals surface area contributed by atoms with E-state index in [1.54, 1.807) is 24.3 Å².